The maximum absolute atomic E-state index is 10.7. The second kappa shape index (κ2) is 8.31. The van der Waals surface area contributed by atoms with Crippen LogP contribution in [0.2, 0.25) is 0 Å². The van der Waals surface area contributed by atoms with Crippen LogP contribution in [0.25, 0.3) is 22.4 Å². The largest absolute Gasteiger partial charge is 0.466 e. The smallest absolute Gasteiger partial charge is 0.409 e. The molecule has 1 amide bonds. The van der Waals surface area contributed by atoms with Crippen LogP contribution in [-0.2, 0) is 4.74 Å². The molecule has 26 heavy (non-hydrogen) atoms. The van der Waals surface area contributed by atoms with E-state index in [0.717, 1.165) is 25.3 Å². The number of fused-ring (bicyclic) bond motifs is 1. The quantitative estimate of drug-likeness (QED) is 0.514. The molecule has 0 aliphatic carbocycles. The first-order valence-electron chi connectivity index (χ1n) is 7.55. The van der Waals surface area contributed by atoms with E-state index in [9.17, 15) is 4.79 Å². The van der Waals surface area contributed by atoms with Crippen molar-refractivity contribution >= 4 is 61.4 Å². The highest BCUT2D eigenvalue weighted by molar-refractivity contribution is 9.10. The van der Waals surface area contributed by atoms with Crippen molar-refractivity contribution in [3.05, 3.63) is 51.4 Å². The highest BCUT2D eigenvalue weighted by atomic mass is 79.9. The Morgan fingerprint density at radius 1 is 1.31 bits per heavy atom. The first-order chi connectivity index (χ1) is 12.5. The standard InChI is InChI=1S/C18H15BrN2O4S/c1-24-10-25-15-6-2-11(8-13(15)19)3-7-17-21-14-5-4-12(20-18(22)23)9-16(14)26-17/h2-9,20H,10H2,1H3,(H,22,23). The summed E-state index contributed by atoms with van der Waals surface area (Å²) in [7, 11) is 1.57. The number of amides is 1. The molecule has 6 nitrogen and oxygen atoms in total. The van der Waals surface area contributed by atoms with Gasteiger partial charge in [-0.2, -0.15) is 0 Å². The number of methoxy groups -OCH3 is 1. The van der Waals surface area contributed by atoms with Crippen molar-refractivity contribution in [3.63, 3.8) is 0 Å². The molecule has 3 rings (SSSR count). The van der Waals surface area contributed by atoms with Crippen LogP contribution in [0.5, 0.6) is 5.75 Å². The highest BCUT2D eigenvalue weighted by Crippen LogP contribution is 2.29. The molecule has 0 atom stereocenters. The van der Waals surface area contributed by atoms with E-state index in [4.69, 9.17) is 14.6 Å². The monoisotopic (exact) mass is 434 g/mol. The number of carbonyl (C=O) groups is 1. The molecular weight excluding hydrogens is 420 g/mol. The van der Waals surface area contributed by atoms with Gasteiger partial charge in [0.2, 0.25) is 0 Å². The second-order valence-corrected chi connectivity index (χ2v) is 7.16. The van der Waals surface area contributed by atoms with E-state index in [1.54, 1.807) is 25.3 Å². The van der Waals surface area contributed by atoms with Gasteiger partial charge in [-0.25, -0.2) is 9.78 Å². The van der Waals surface area contributed by atoms with Crippen molar-refractivity contribution in [2.24, 2.45) is 0 Å². The van der Waals surface area contributed by atoms with E-state index in [2.05, 4.69) is 26.2 Å². The molecule has 0 fully saturated rings. The molecule has 0 saturated heterocycles. The summed E-state index contributed by atoms with van der Waals surface area (Å²) in [5, 5.41) is 12.0. The molecule has 1 aromatic heterocycles. The summed E-state index contributed by atoms with van der Waals surface area (Å²) < 4.78 is 12.1. The maximum Gasteiger partial charge on any atom is 0.409 e. The Bertz CT molecular complexity index is 971. The Labute approximate surface area is 162 Å². The lowest BCUT2D eigenvalue weighted by Gasteiger charge is -2.07. The number of benzene rings is 2. The normalized spacial score (nSPS) is 11.2. The number of rotatable bonds is 6. The molecule has 3 aromatic rings. The number of aromatic nitrogens is 1. The lowest BCUT2D eigenvalue weighted by atomic mass is 10.2. The summed E-state index contributed by atoms with van der Waals surface area (Å²) in [6.07, 6.45) is 2.79. The van der Waals surface area contributed by atoms with E-state index < -0.39 is 6.09 Å². The van der Waals surface area contributed by atoms with Gasteiger partial charge in [0, 0.05) is 12.8 Å². The Morgan fingerprint density at radius 3 is 2.88 bits per heavy atom. The molecule has 0 spiro atoms. The first-order valence-corrected chi connectivity index (χ1v) is 9.16. The van der Waals surface area contributed by atoms with Crippen LogP contribution in [0.15, 0.2) is 40.9 Å². The van der Waals surface area contributed by atoms with E-state index in [1.807, 2.05) is 30.4 Å². The number of thiazole rings is 1. The van der Waals surface area contributed by atoms with E-state index in [0.29, 0.717) is 11.4 Å². The summed E-state index contributed by atoms with van der Waals surface area (Å²) in [4.78, 5) is 15.3. The molecule has 0 aliphatic rings. The number of hydrogen-bond donors (Lipinski definition) is 2. The third-order valence-electron chi connectivity index (χ3n) is 3.36. The van der Waals surface area contributed by atoms with Gasteiger partial charge >= 0.3 is 6.09 Å². The number of nitrogens with zero attached hydrogens (tertiary/aromatic N) is 1. The zero-order valence-corrected chi connectivity index (χ0v) is 16.1. The molecule has 0 radical (unpaired) electrons. The average molecular weight is 435 g/mol. The lowest BCUT2D eigenvalue weighted by Crippen LogP contribution is -2.06. The molecule has 134 valence electrons. The van der Waals surface area contributed by atoms with Gasteiger partial charge in [0.25, 0.3) is 0 Å². The van der Waals surface area contributed by atoms with E-state index >= 15 is 0 Å². The summed E-state index contributed by atoms with van der Waals surface area (Å²) >= 11 is 4.97. The topological polar surface area (TPSA) is 80.7 Å². The Hall–Kier alpha value is -2.42. The first kappa shape index (κ1) is 18.4. The highest BCUT2D eigenvalue weighted by Gasteiger charge is 2.05. The molecule has 1 heterocycles. The summed E-state index contributed by atoms with van der Waals surface area (Å²) in [5.74, 6) is 0.711. The van der Waals surface area contributed by atoms with Crippen LogP contribution in [0.3, 0.4) is 0 Å². The number of halogens is 1. The van der Waals surface area contributed by atoms with Crippen LogP contribution < -0.4 is 10.1 Å². The van der Waals surface area contributed by atoms with Gasteiger partial charge < -0.3 is 14.6 Å². The van der Waals surface area contributed by atoms with Crippen LogP contribution in [0, 0.1) is 0 Å². The van der Waals surface area contributed by atoms with Gasteiger partial charge in [0.05, 0.1) is 14.7 Å². The Morgan fingerprint density at radius 2 is 2.15 bits per heavy atom. The van der Waals surface area contributed by atoms with Gasteiger partial charge in [0.1, 0.15) is 10.8 Å². The number of anilines is 1. The van der Waals surface area contributed by atoms with Crippen molar-refractivity contribution < 1.29 is 19.4 Å². The summed E-state index contributed by atoms with van der Waals surface area (Å²) in [5.41, 5.74) is 2.35. The zero-order chi connectivity index (χ0) is 18.5. The molecule has 0 unspecified atom stereocenters. The molecule has 0 bridgehead atoms. The predicted octanol–water partition coefficient (Wildman–Crippen LogP) is 5.30. The van der Waals surface area contributed by atoms with Gasteiger partial charge in [-0.15, -0.1) is 11.3 Å². The maximum atomic E-state index is 10.7. The molecule has 8 heteroatoms. The SMILES string of the molecule is COCOc1ccc(C=Cc2nc3ccc(NC(=O)O)cc3s2)cc1Br. The van der Waals surface area contributed by atoms with E-state index in [-0.39, 0.29) is 6.79 Å². The minimum Gasteiger partial charge on any atom is -0.466 e. The number of carboxylic acid groups (broad SMARTS) is 1. The molecular formula is C18H15BrN2O4S. The predicted molar refractivity (Wildman–Crippen MR) is 107 cm³/mol. The average Bonchev–Trinajstić information content (AvgIpc) is 3.01. The van der Waals surface area contributed by atoms with E-state index in [1.165, 1.54) is 11.3 Å². The van der Waals surface area contributed by atoms with Gasteiger partial charge in [0.15, 0.2) is 6.79 Å². The second-order valence-electron chi connectivity index (χ2n) is 5.24. The third kappa shape index (κ3) is 4.60. The van der Waals surface area contributed by atoms with Crippen LogP contribution in [-0.4, -0.2) is 30.1 Å². The van der Waals surface area contributed by atoms with Crippen molar-refractivity contribution in [1.82, 2.24) is 4.98 Å². The number of ether oxygens (including phenoxy) is 2. The van der Waals surface area contributed by atoms with Gasteiger partial charge in [-0.1, -0.05) is 12.1 Å². The molecule has 2 N–H and O–H groups in total. The van der Waals surface area contributed by atoms with Crippen molar-refractivity contribution in [1.29, 1.82) is 0 Å². The Kier molecular flexibility index (Phi) is 5.87. The van der Waals surface area contributed by atoms with Gasteiger partial charge in [-0.3, -0.25) is 5.32 Å². The molecule has 2 aromatic carbocycles. The fraction of sp³-hybridized carbons (Fsp3) is 0.111. The van der Waals surface area contributed by atoms with Crippen molar-refractivity contribution in [2.45, 2.75) is 0 Å². The van der Waals surface area contributed by atoms with Crippen LogP contribution >= 0.6 is 27.3 Å². The fourth-order valence-electron chi connectivity index (χ4n) is 2.24. The Balaban J connectivity index is 1.77. The zero-order valence-electron chi connectivity index (χ0n) is 13.7. The number of nitrogens with one attached hydrogen (secondary N) is 1. The fourth-order valence-corrected chi connectivity index (χ4v) is 3.66. The van der Waals surface area contributed by atoms with Crippen LogP contribution in [0.4, 0.5) is 10.5 Å². The molecule has 0 aliphatic heterocycles. The van der Waals surface area contributed by atoms with Crippen molar-refractivity contribution in [2.75, 3.05) is 19.2 Å². The summed E-state index contributed by atoms with van der Waals surface area (Å²) in [6.45, 7) is 0.193. The minimum absolute atomic E-state index is 0.193. The minimum atomic E-state index is -1.09. The summed E-state index contributed by atoms with van der Waals surface area (Å²) in [6, 6.07) is 11.0. The van der Waals surface area contributed by atoms with Crippen molar-refractivity contribution in [3.8, 4) is 5.75 Å². The lowest BCUT2D eigenvalue weighted by molar-refractivity contribution is 0.0506. The van der Waals surface area contributed by atoms with Gasteiger partial charge in [-0.05, 0) is 57.9 Å². The number of hydrogen-bond acceptors (Lipinski definition) is 5. The van der Waals surface area contributed by atoms with Crippen LogP contribution in [0.1, 0.15) is 10.6 Å². The third-order valence-corrected chi connectivity index (χ3v) is 4.97. The molecule has 0 saturated carbocycles.